The first-order chi connectivity index (χ1) is 6.63. The second-order valence-corrected chi connectivity index (χ2v) is 4.83. The number of nitrogens with zero attached hydrogens (tertiary/aromatic N) is 1. The molecule has 2 atom stereocenters. The molecule has 0 spiro atoms. The van der Waals surface area contributed by atoms with Gasteiger partial charge in [-0.25, -0.2) is 0 Å². The summed E-state index contributed by atoms with van der Waals surface area (Å²) in [5.41, 5.74) is 6.58. The standard InChI is InChI=1S/C10H16N2OS/c1-7(6-13)14-9-3-4-10(8(2)11)12-5-9/h3-5,7-8,13H,6,11H2,1-2H3/t7?,8-/m1/s1. The predicted molar refractivity (Wildman–Crippen MR) is 59.2 cm³/mol. The number of aliphatic hydroxyl groups is 1. The van der Waals surface area contributed by atoms with Crippen LogP contribution in [0.4, 0.5) is 0 Å². The van der Waals surface area contributed by atoms with E-state index in [2.05, 4.69) is 4.98 Å². The Balaban J connectivity index is 2.64. The van der Waals surface area contributed by atoms with E-state index in [0.717, 1.165) is 10.6 Å². The largest absolute Gasteiger partial charge is 0.395 e. The van der Waals surface area contributed by atoms with Crippen molar-refractivity contribution in [3.63, 3.8) is 0 Å². The van der Waals surface area contributed by atoms with Crippen LogP contribution in [-0.4, -0.2) is 21.9 Å². The molecule has 0 fully saturated rings. The van der Waals surface area contributed by atoms with Gasteiger partial charge in [-0.3, -0.25) is 4.98 Å². The number of hydrogen-bond acceptors (Lipinski definition) is 4. The van der Waals surface area contributed by atoms with Crippen LogP contribution >= 0.6 is 11.8 Å². The maximum Gasteiger partial charge on any atom is 0.0569 e. The van der Waals surface area contributed by atoms with E-state index in [1.54, 1.807) is 18.0 Å². The highest BCUT2D eigenvalue weighted by Crippen LogP contribution is 2.22. The normalized spacial score (nSPS) is 15.1. The molecular weight excluding hydrogens is 196 g/mol. The van der Waals surface area contributed by atoms with E-state index in [-0.39, 0.29) is 17.9 Å². The molecule has 0 aliphatic carbocycles. The average Bonchev–Trinajstić information content (AvgIpc) is 2.18. The number of rotatable bonds is 4. The molecule has 0 aliphatic heterocycles. The van der Waals surface area contributed by atoms with E-state index in [0.29, 0.717) is 0 Å². The van der Waals surface area contributed by atoms with Crippen molar-refractivity contribution in [1.29, 1.82) is 0 Å². The van der Waals surface area contributed by atoms with Gasteiger partial charge in [-0.05, 0) is 19.1 Å². The predicted octanol–water partition coefficient (Wildman–Crippen LogP) is 1.57. The van der Waals surface area contributed by atoms with Gasteiger partial charge in [0.15, 0.2) is 0 Å². The zero-order valence-electron chi connectivity index (χ0n) is 8.47. The minimum Gasteiger partial charge on any atom is -0.395 e. The van der Waals surface area contributed by atoms with Crippen LogP contribution in [0.5, 0.6) is 0 Å². The molecule has 0 bridgehead atoms. The van der Waals surface area contributed by atoms with Crippen molar-refractivity contribution in [2.75, 3.05) is 6.61 Å². The number of aliphatic hydroxyl groups excluding tert-OH is 1. The van der Waals surface area contributed by atoms with Crippen LogP contribution in [0.15, 0.2) is 23.2 Å². The third kappa shape index (κ3) is 3.29. The monoisotopic (exact) mass is 212 g/mol. The Morgan fingerprint density at radius 1 is 1.50 bits per heavy atom. The van der Waals surface area contributed by atoms with Gasteiger partial charge in [-0.15, -0.1) is 11.8 Å². The summed E-state index contributed by atoms with van der Waals surface area (Å²) in [7, 11) is 0. The van der Waals surface area contributed by atoms with Crippen LogP contribution in [-0.2, 0) is 0 Å². The van der Waals surface area contributed by atoms with E-state index in [1.807, 2.05) is 26.0 Å². The molecule has 1 heterocycles. The molecule has 0 aliphatic rings. The molecule has 78 valence electrons. The zero-order valence-corrected chi connectivity index (χ0v) is 9.29. The van der Waals surface area contributed by atoms with Gasteiger partial charge in [0.25, 0.3) is 0 Å². The van der Waals surface area contributed by atoms with Gasteiger partial charge in [0.2, 0.25) is 0 Å². The van der Waals surface area contributed by atoms with Crippen LogP contribution < -0.4 is 5.73 Å². The van der Waals surface area contributed by atoms with Gasteiger partial charge in [-0.2, -0.15) is 0 Å². The van der Waals surface area contributed by atoms with E-state index >= 15 is 0 Å². The molecule has 14 heavy (non-hydrogen) atoms. The maximum atomic E-state index is 8.88. The molecule has 4 heteroatoms. The molecule has 0 amide bonds. The molecular formula is C10H16N2OS. The van der Waals surface area contributed by atoms with Crippen LogP contribution in [0.1, 0.15) is 25.6 Å². The van der Waals surface area contributed by atoms with Gasteiger partial charge >= 0.3 is 0 Å². The fourth-order valence-electron chi connectivity index (χ4n) is 1.00. The summed E-state index contributed by atoms with van der Waals surface area (Å²) >= 11 is 1.61. The smallest absolute Gasteiger partial charge is 0.0569 e. The first-order valence-corrected chi connectivity index (χ1v) is 5.50. The summed E-state index contributed by atoms with van der Waals surface area (Å²) in [6.07, 6.45) is 1.80. The van der Waals surface area contributed by atoms with E-state index < -0.39 is 0 Å². The Kier molecular flexibility index (Phi) is 4.38. The Labute approximate surface area is 88.7 Å². The minimum atomic E-state index is -0.0238. The van der Waals surface area contributed by atoms with Crippen molar-refractivity contribution in [2.24, 2.45) is 5.73 Å². The van der Waals surface area contributed by atoms with Crippen molar-refractivity contribution in [1.82, 2.24) is 4.98 Å². The lowest BCUT2D eigenvalue weighted by Gasteiger charge is -2.08. The van der Waals surface area contributed by atoms with Gasteiger partial charge in [0.1, 0.15) is 0 Å². The minimum absolute atomic E-state index is 0.0238. The molecule has 3 nitrogen and oxygen atoms in total. The fourth-order valence-corrected chi connectivity index (χ4v) is 1.80. The van der Waals surface area contributed by atoms with E-state index in [4.69, 9.17) is 10.8 Å². The van der Waals surface area contributed by atoms with Crippen molar-refractivity contribution in [3.8, 4) is 0 Å². The third-order valence-electron chi connectivity index (χ3n) is 1.82. The summed E-state index contributed by atoms with van der Waals surface area (Å²) < 4.78 is 0. The van der Waals surface area contributed by atoms with Crippen molar-refractivity contribution in [2.45, 2.75) is 30.0 Å². The van der Waals surface area contributed by atoms with Crippen molar-refractivity contribution in [3.05, 3.63) is 24.0 Å². The Bertz CT molecular complexity index is 274. The topological polar surface area (TPSA) is 59.1 Å². The Morgan fingerprint density at radius 2 is 2.21 bits per heavy atom. The second kappa shape index (κ2) is 5.34. The first kappa shape index (κ1) is 11.5. The van der Waals surface area contributed by atoms with E-state index in [1.165, 1.54) is 0 Å². The summed E-state index contributed by atoms with van der Waals surface area (Å²) in [5.74, 6) is 0. The number of nitrogens with two attached hydrogens (primary N) is 1. The fraction of sp³-hybridized carbons (Fsp3) is 0.500. The van der Waals surface area contributed by atoms with Gasteiger partial charge in [0.05, 0.1) is 12.3 Å². The highest BCUT2D eigenvalue weighted by molar-refractivity contribution is 8.00. The Morgan fingerprint density at radius 3 is 2.64 bits per heavy atom. The molecule has 3 N–H and O–H groups in total. The highest BCUT2D eigenvalue weighted by atomic mass is 32.2. The van der Waals surface area contributed by atoms with Crippen molar-refractivity contribution < 1.29 is 5.11 Å². The number of pyridine rings is 1. The van der Waals surface area contributed by atoms with Crippen LogP contribution in [0.2, 0.25) is 0 Å². The average molecular weight is 212 g/mol. The summed E-state index contributed by atoms with van der Waals surface area (Å²) in [5, 5.41) is 9.08. The van der Waals surface area contributed by atoms with Gasteiger partial charge < -0.3 is 10.8 Å². The highest BCUT2D eigenvalue weighted by Gasteiger charge is 2.04. The molecule has 1 aromatic rings. The summed E-state index contributed by atoms with van der Waals surface area (Å²) in [6.45, 7) is 4.06. The lowest BCUT2D eigenvalue weighted by Crippen LogP contribution is -2.07. The molecule has 0 radical (unpaired) electrons. The molecule has 1 aromatic heterocycles. The first-order valence-electron chi connectivity index (χ1n) is 4.62. The molecule has 0 saturated carbocycles. The lowest BCUT2D eigenvalue weighted by atomic mass is 10.2. The number of hydrogen-bond donors (Lipinski definition) is 2. The number of aromatic nitrogens is 1. The summed E-state index contributed by atoms with van der Waals surface area (Å²) in [4.78, 5) is 5.30. The van der Waals surface area contributed by atoms with Gasteiger partial charge in [0, 0.05) is 22.4 Å². The molecule has 0 saturated heterocycles. The van der Waals surface area contributed by atoms with Gasteiger partial charge in [-0.1, -0.05) is 6.92 Å². The quantitative estimate of drug-likeness (QED) is 0.744. The SMILES string of the molecule is CC(CO)Sc1ccc([C@@H](C)N)nc1. The molecule has 0 aromatic carbocycles. The van der Waals surface area contributed by atoms with Crippen LogP contribution in [0, 0.1) is 0 Å². The van der Waals surface area contributed by atoms with Crippen LogP contribution in [0.25, 0.3) is 0 Å². The summed E-state index contributed by atoms with van der Waals surface area (Å²) in [6, 6.07) is 3.89. The van der Waals surface area contributed by atoms with E-state index in [9.17, 15) is 0 Å². The second-order valence-electron chi connectivity index (χ2n) is 3.32. The third-order valence-corrected chi connectivity index (χ3v) is 2.89. The Hall–Kier alpha value is -0.580. The van der Waals surface area contributed by atoms with Crippen LogP contribution in [0.3, 0.4) is 0 Å². The molecule has 1 unspecified atom stereocenters. The molecule has 1 rings (SSSR count). The number of thioether (sulfide) groups is 1. The lowest BCUT2D eigenvalue weighted by molar-refractivity contribution is 0.300. The maximum absolute atomic E-state index is 8.88. The van der Waals surface area contributed by atoms with Crippen molar-refractivity contribution >= 4 is 11.8 Å². The zero-order chi connectivity index (χ0) is 10.6.